The Morgan fingerprint density at radius 2 is 1.26 bits per heavy atom. The molecule has 0 atom stereocenters. The zero-order valence-corrected chi connectivity index (χ0v) is 17.0. The number of hydrogen-bond donors (Lipinski definition) is 1. The molecule has 0 unspecified atom stereocenters. The van der Waals surface area contributed by atoms with E-state index in [9.17, 15) is 4.79 Å². The van der Waals surface area contributed by atoms with Crippen molar-refractivity contribution in [1.29, 1.82) is 0 Å². The molecule has 0 fully saturated rings. The van der Waals surface area contributed by atoms with E-state index >= 15 is 0 Å². The molecule has 19 heavy (non-hydrogen) atoms. The van der Waals surface area contributed by atoms with Gasteiger partial charge in [-0.05, 0) is 39.2 Å². The van der Waals surface area contributed by atoms with E-state index < -0.39 is 0 Å². The van der Waals surface area contributed by atoms with E-state index in [1.807, 2.05) is 6.07 Å². The SMILES string of the molecule is CC(C)=O.CC(C)O.CC(C)c1ccccc1.[CH3-].[K+]. The van der Waals surface area contributed by atoms with Gasteiger partial charge in [0, 0.05) is 6.10 Å². The summed E-state index contributed by atoms with van der Waals surface area (Å²) < 4.78 is 0. The van der Waals surface area contributed by atoms with Gasteiger partial charge in [0.25, 0.3) is 0 Å². The molecule has 0 saturated heterocycles. The van der Waals surface area contributed by atoms with Gasteiger partial charge in [0.1, 0.15) is 5.78 Å². The quantitative estimate of drug-likeness (QED) is 0.625. The molecule has 3 heteroatoms. The molecule has 0 aliphatic rings. The summed E-state index contributed by atoms with van der Waals surface area (Å²) in [7, 11) is 0. The van der Waals surface area contributed by atoms with Crippen LogP contribution in [-0.4, -0.2) is 17.0 Å². The Balaban J connectivity index is -0.0000000975. The van der Waals surface area contributed by atoms with Crippen LogP contribution in [0.2, 0.25) is 0 Å². The minimum Gasteiger partial charge on any atom is -0.394 e. The second-order valence-electron chi connectivity index (χ2n) is 4.57. The molecule has 1 rings (SSSR count). The average molecular weight is 293 g/mol. The number of aliphatic hydroxyl groups is 1. The van der Waals surface area contributed by atoms with Crippen LogP contribution in [0.25, 0.3) is 0 Å². The normalized spacial score (nSPS) is 8.05. The number of carbonyl (C=O) groups excluding carboxylic acids is 1. The molecule has 0 heterocycles. The molecule has 106 valence electrons. The van der Waals surface area contributed by atoms with Crippen LogP contribution in [-0.2, 0) is 4.79 Å². The first-order chi connectivity index (χ1) is 7.77. The topological polar surface area (TPSA) is 37.3 Å². The van der Waals surface area contributed by atoms with Crippen molar-refractivity contribution in [3.05, 3.63) is 43.3 Å². The first kappa shape index (κ1) is 27.8. The Hall–Kier alpha value is 0.486. The maximum Gasteiger partial charge on any atom is 1.00 e. The molecule has 1 N–H and O–H groups in total. The summed E-state index contributed by atoms with van der Waals surface area (Å²) in [5.74, 6) is 0.825. The number of ketones is 1. The Bertz CT molecular complexity index is 275. The van der Waals surface area contributed by atoms with Gasteiger partial charge in [0.2, 0.25) is 0 Å². The van der Waals surface area contributed by atoms with Crippen LogP contribution in [0.1, 0.15) is 53.0 Å². The predicted octanol–water partition coefficient (Wildman–Crippen LogP) is 1.25. The smallest absolute Gasteiger partial charge is 0.394 e. The molecule has 2 nitrogen and oxygen atoms in total. The van der Waals surface area contributed by atoms with Gasteiger partial charge in [0.15, 0.2) is 0 Å². The van der Waals surface area contributed by atoms with Crippen LogP contribution in [0.5, 0.6) is 0 Å². The van der Waals surface area contributed by atoms with Gasteiger partial charge < -0.3 is 17.3 Å². The standard InChI is InChI=1S/C9H12.C3H8O.C3H6O.CH3.K/c1-8(2)9-6-4-3-5-7-9;2*1-3(2)4;;/h3-8H,1-2H3;3-4H,1-2H3;1-2H3;1H3;/q;;;-1;+1. The molecule has 0 aromatic heterocycles. The molecule has 0 aliphatic carbocycles. The van der Waals surface area contributed by atoms with Crippen molar-refractivity contribution in [2.24, 2.45) is 0 Å². The van der Waals surface area contributed by atoms with Gasteiger partial charge in [-0.3, -0.25) is 0 Å². The average Bonchev–Trinajstić information content (AvgIpc) is 2.17. The molecule has 0 saturated carbocycles. The number of carbonyl (C=O) groups is 1. The van der Waals surface area contributed by atoms with Gasteiger partial charge >= 0.3 is 51.4 Å². The van der Waals surface area contributed by atoms with Crippen molar-refractivity contribution in [3.8, 4) is 0 Å². The molecule has 1 aromatic rings. The van der Waals surface area contributed by atoms with Crippen LogP contribution >= 0.6 is 0 Å². The summed E-state index contributed by atoms with van der Waals surface area (Å²) in [6.07, 6.45) is -0.167. The van der Waals surface area contributed by atoms with Crippen LogP contribution in [0.3, 0.4) is 0 Å². The first-order valence-corrected chi connectivity index (χ1v) is 5.97. The summed E-state index contributed by atoms with van der Waals surface area (Å²) in [5.41, 5.74) is 1.41. The summed E-state index contributed by atoms with van der Waals surface area (Å²) in [6.45, 7) is 10.9. The summed E-state index contributed by atoms with van der Waals surface area (Å²) in [4.78, 5) is 9.44. The second kappa shape index (κ2) is 18.5. The van der Waals surface area contributed by atoms with Crippen molar-refractivity contribution < 1.29 is 61.3 Å². The molecule has 0 aliphatic heterocycles. The molecular weight excluding hydrogens is 263 g/mol. The van der Waals surface area contributed by atoms with Crippen LogP contribution in [0.4, 0.5) is 0 Å². The van der Waals surface area contributed by atoms with E-state index in [1.165, 1.54) is 19.4 Å². The van der Waals surface area contributed by atoms with E-state index in [0.717, 1.165) is 0 Å². The predicted molar refractivity (Wildman–Crippen MR) is 80.7 cm³/mol. The van der Waals surface area contributed by atoms with Crippen molar-refractivity contribution in [2.45, 2.75) is 53.6 Å². The Morgan fingerprint density at radius 3 is 1.42 bits per heavy atom. The maximum absolute atomic E-state index is 9.44. The molecule has 0 radical (unpaired) electrons. The van der Waals surface area contributed by atoms with Gasteiger partial charge in [0.05, 0.1) is 0 Å². The van der Waals surface area contributed by atoms with E-state index in [4.69, 9.17) is 5.11 Å². The molecule has 0 spiro atoms. The minimum absolute atomic E-state index is 0. The monoisotopic (exact) mass is 292 g/mol. The van der Waals surface area contributed by atoms with E-state index in [-0.39, 0.29) is 70.7 Å². The van der Waals surface area contributed by atoms with Gasteiger partial charge in [-0.1, -0.05) is 44.2 Å². The number of aliphatic hydroxyl groups excluding tert-OH is 1. The molecule has 0 bridgehead atoms. The van der Waals surface area contributed by atoms with Crippen molar-refractivity contribution in [2.75, 3.05) is 0 Å². The number of Topliss-reactive ketones (excluding diaryl/α,β-unsaturated/α-hetero) is 1. The number of benzene rings is 1. The zero-order valence-electron chi connectivity index (χ0n) is 13.9. The summed E-state index contributed by atoms with van der Waals surface area (Å²) in [6, 6.07) is 10.5. The fraction of sp³-hybridized carbons (Fsp3) is 0.500. The fourth-order valence-electron chi connectivity index (χ4n) is 0.838. The molecule has 0 amide bonds. The second-order valence-corrected chi connectivity index (χ2v) is 4.57. The molecule has 1 aromatic carbocycles. The first-order valence-electron chi connectivity index (χ1n) is 5.97. The van der Waals surface area contributed by atoms with Crippen molar-refractivity contribution >= 4 is 5.78 Å². The third kappa shape index (κ3) is 32.2. The third-order valence-corrected chi connectivity index (χ3v) is 1.47. The van der Waals surface area contributed by atoms with Crippen molar-refractivity contribution in [1.82, 2.24) is 0 Å². The Kier molecular flexibility index (Phi) is 27.0. The van der Waals surface area contributed by atoms with Crippen LogP contribution in [0.15, 0.2) is 30.3 Å². The number of rotatable bonds is 1. The number of hydrogen-bond acceptors (Lipinski definition) is 2. The summed E-state index contributed by atoms with van der Waals surface area (Å²) >= 11 is 0. The Labute approximate surface area is 162 Å². The van der Waals surface area contributed by atoms with E-state index in [1.54, 1.807) is 13.8 Å². The van der Waals surface area contributed by atoms with Gasteiger partial charge in [-0.15, -0.1) is 0 Å². The van der Waals surface area contributed by atoms with Crippen LogP contribution in [0, 0.1) is 7.43 Å². The Morgan fingerprint density at radius 1 is 1.00 bits per heavy atom. The van der Waals surface area contributed by atoms with E-state index in [0.29, 0.717) is 5.92 Å². The zero-order chi connectivity index (χ0) is 13.8. The maximum atomic E-state index is 9.44. The molecular formula is C16H29KO2. The largest absolute Gasteiger partial charge is 1.00 e. The summed E-state index contributed by atoms with van der Waals surface area (Å²) in [5, 5.41) is 8.06. The van der Waals surface area contributed by atoms with E-state index in [2.05, 4.69) is 38.1 Å². The van der Waals surface area contributed by atoms with Crippen molar-refractivity contribution in [3.63, 3.8) is 0 Å². The third-order valence-electron chi connectivity index (χ3n) is 1.47. The van der Waals surface area contributed by atoms with Crippen LogP contribution < -0.4 is 51.4 Å². The van der Waals surface area contributed by atoms with Gasteiger partial charge in [-0.2, -0.15) is 0 Å². The minimum atomic E-state index is -0.167. The van der Waals surface area contributed by atoms with Gasteiger partial charge in [-0.25, -0.2) is 0 Å². The fourth-order valence-corrected chi connectivity index (χ4v) is 0.838.